The van der Waals surface area contributed by atoms with Gasteiger partial charge in [-0.15, -0.1) is 0 Å². The maximum atomic E-state index is 10.9. The van der Waals surface area contributed by atoms with Crippen LogP contribution in [0.2, 0.25) is 0 Å². The van der Waals surface area contributed by atoms with Crippen LogP contribution in [-0.2, 0) is 6.42 Å². The van der Waals surface area contributed by atoms with Gasteiger partial charge in [-0.25, -0.2) is 4.79 Å². The molecule has 1 aromatic heterocycles. The molecule has 4 aliphatic rings. The van der Waals surface area contributed by atoms with E-state index >= 15 is 0 Å². The second-order valence-corrected chi connectivity index (χ2v) is 7.94. The number of hydrogen-bond donors (Lipinski definition) is 2. The van der Waals surface area contributed by atoms with Crippen molar-refractivity contribution in [2.45, 2.75) is 44.6 Å². The highest BCUT2D eigenvalue weighted by molar-refractivity contribution is 5.87. The van der Waals surface area contributed by atoms with Gasteiger partial charge in [-0.3, -0.25) is 4.90 Å². The summed E-state index contributed by atoms with van der Waals surface area (Å²) in [5, 5.41) is 10.0. The monoisotopic (exact) mass is 340 g/mol. The zero-order valence-electron chi connectivity index (χ0n) is 14.5. The summed E-state index contributed by atoms with van der Waals surface area (Å²) in [6.45, 7) is 4.70. The molecule has 2 N–H and O–H groups in total. The van der Waals surface area contributed by atoms with Gasteiger partial charge in [0.15, 0.2) is 0 Å². The van der Waals surface area contributed by atoms with Crippen molar-refractivity contribution in [3.63, 3.8) is 0 Å². The molecule has 6 rings (SSSR count). The van der Waals surface area contributed by atoms with E-state index < -0.39 is 6.16 Å². The molecule has 0 radical (unpaired) electrons. The maximum Gasteiger partial charge on any atom is 0.511 e. The van der Waals surface area contributed by atoms with Crippen molar-refractivity contribution in [1.29, 1.82) is 0 Å². The molecule has 132 valence electrons. The molecule has 5 heteroatoms. The van der Waals surface area contributed by atoms with Gasteiger partial charge in [0, 0.05) is 41.6 Å². The van der Waals surface area contributed by atoms with Gasteiger partial charge >= 0.3 is 6.16 Å². The van der Waals surface area contributed by atoms with Crippen molar-refractivity contribution in [2.75, 3.05) is 13.1 Å². The van der Waals surface area contributed by atoms with Crippen LogP contribution in [0.15, 0.2) is 18.2 Å². The van der Waals surface area contributed by atoms with E-state index in [9.17, 15) is 4.79 Å². The lowest BCUT2D eigenvalue weighted by Crippen LogP contribution is -2.56. The summed E-state index contributed by atoms with van der Waals surface area (Å²) in [7, 11) is 0. The maximum absolute atomic E-state index is 10.9. The van der Waals surface area contributed by atoms with E-state index in [0.717, 1.165) is 35.7 Å². The van der Waals surface area contributed by atoms with Crippen molar-refractivity contribution >= 4 is 17.1 Å². The molecule has 4 heterocycles. The molecule has 1 aromatic carbocycles. The molecule has 2 saturated heterocycles. The molecule has 0 spiro atoms. The van der Waals surface area contributed by atoms with E-state index in [1.165, 1.54) is 37.1 Å². The minimum absolute atomic E-state index is 0.405. The first kappa shape index (κ1) is 15.3. The highest BCUT2D eigenvalue weighted by Gasteiger charge is 2.48. The first-order chi connectivity index (χ1) is 12.1. The van der Waals surface area contributed by atoms with E-state index in [1.54, 1.807) is 6.07 Å². The van der Waals surface area contributed by atoms with E-state index in [2.05, 4.69) is 16.8 Å². The molecule has 3 fully saturated rings. The van der Waals surface area contributed by atoms with E-state index in [4.69, 9.17) is 9.84 Å². The summed E-state index contributed by atoms with van der Waals surface area (Å²) in [4.78, 5) is 17.3. The summed E-state index contributed by atoms with van der Waals surface area (Å²) < 4.78 is 4.88. The van der Waals surface area contributed by atoms with Crippen LogP contribution < -0.4 is 4.74 Å². The fourth-order valence-electron chi connectivity index (χ4n) is 5.84. The van der Waals surface area contributed by atoms with Gasteiger partial charge in [0.1, 0.15) is 5.75 Å². The summed E-state index contributed by atoms with van der Waals surface area (Å²) in [6.07, 6.45) is 3.71. The van der Waals surface area contributed by atoms with Gasteiger partial charge in [0.2, 0.25) is 0 Å². The van der Waals surface area contributed by atoms with E-state index in [1.807, 2.05) is 12.1 Å². The standard InChI is InChI=1S/C20H24N2O3/c1-2-12-7-11-8-16-18-14(5-6-22(10-11)19(12)16)15-9-13(25-20(23)24)3-4-17(15)21-18/h3-4,9,11-12,16,19,21H,2,5-8,10H2,1H3,(H,23,24)/t11-,12-,16-,19?/m0/s1. The summed E-state index contributed by atoms with van der Waals surface area (Å²) in [6, 6.07) is 6.25. The van der Waals surface area contributed by atoms with E-state index in [-0.39, 0.29) is 0 Å². The quantitative estimate of drug-likeness (QED) is 0.641. The zero-order chi connectivity index (χ0) is 17.1. The van der Waals surface area contributed by atoms with Crippen molar-refractivity contribution in [1.82, 2.24) is 9.88 Å². The molecule has 25 heavy (non-hydrogen) atoms. The Morgan fingerprint density at radius 3 is 3.08 bits per heavy atom. The predicted molar refractivity (Wildman–Crippen MR) is 95.3 cm³/mol. The second-order valence-electron chi connectivity index (χ2n) is 7.94. The Hall–Kier alpha value is -2.01. The normalized spacial score (nSPS) is 33.1. The predicted octanol–water partition coefficient (Wildman–Crippen LogP) is 3.98. The lowest BCUT2D eigenvalue weighted by molar-refractivity contribution is -0.0134. The Kier molecular flexibility index (Phi) is 3.35. The molecular weight excluding hydrogens is 316 g/mol. The average Bonchev–Trinajstić information content (AvgIpc) is 2.91. The Bertz CT molecular complexity index is 843. The number of aromatic amines is 1. The summed E-state index contributed by atoms with van der Waals surface area (Å²) in [5.41, 5.74) is 3.88. The summed E-state index contributed by atoms with van der Waals surface area (Å²) >= 11 is 0. The number of carboxylic acid groups (broad SMARTS) is 1. The molecule has 1 aliphatic carbocycles. The van der Waals surface area contributed by atoms with Crippen molar-refractivity contribution in [3.8, 4) is 5.75 Å². The molecule has 0 amide bonds. The number of nitrogens with one attached hydrogen (secondary N) is 1. The van der Waals surface area contributed by atoms with Crippen LogP contribution in [0.3, 0.4) is 0 Å². The van der Waals surface area contributed by atoms with Gasteiger partial charge in [-0.1, -0.05) is 13.3 Å². The van der Waals surface area contributed by atoms with Crippen molar-refractivity contribution in [2.24, 2.45) is 11.8 Å². The molecule has 1 saturated carbocycles. The molecule has 5 nitrogen and oxygen atoms in total. The number of fused-ring (bicyclic) bond motifs is 4. The Labute approximate surface area is 147 Å². The Balaban J connectivity index is 1.61. The van der Waals surface area contributed by atoms with Crippen molar-refractivity contribution < 1.29 is 14.6 Å². The number of H-pyrrole nitrogens is 1. The van der Waals surface area contributed by atoms with Crippen LogP contribution in [0.5, 0.6) is 5.75 Å². The fourth-order valence-corrected chi connectivity index (χ4v) is 5.84. The molecule has 2 unspecified atom stereocenters. The number of benzene rings is 1. The molecule has 3 aliphatic heterocycles. The van der Waals surface area contributed by atoms with E-state index in [0.29, 0.717) is 17.7 Å². The molecule has 5 atom stereocenters. The zero-order valence-corrected chi connectivity index (χ0v) is 14.5. The fraction of sp³-hybridized carbons (Fsp3) is 0.550. The third-order valence-electron chi connectivity index (χ3n) is 6.69. The largest absolute Gasteiger partial charge is 0.511 e. The average molecular weight is 340 g/mol. The highest BCUT2D eigenvalue weighted by Crippen LogP contribution is 2.51. The lowest BCUT2D eigenvalue weighted by atomic mass is 9.65. The van der Waals surface area contributed by atoms with Gasteiger partial charge in [-0.2, -0.15) is 0 Å². The SMILES string of the molecule is CC[C@H]1C[C@H]2C[C@H]3c4[nH]c5ccc(OC(=O)O)cc5c4CCN(C2)C13. The van der Waals surface area contributed by atoms with Gasteiger partial charge in [0.25, 0.3) is 0 Å². The van der Waals surface area contributed by atoms with Gasteiger partial charge < -0.3 is 14.8 Å². The topological polar surface area (TPSA) is 65.6 Å². The smallest absolute Gasteiger partial charge is 0.449 e. The van der Waals surface area contributed by atoms with Crippen molar-refractivity contribution in [3.05, 3.63) is 29.5 Å². The van der Waals surface area contributed by atoms with Crippen LogP contribution in [-0.4, -0.2) is 40.3 Å². The van der Waals surface area contributed by atoms with Crippen LogP contribution in [0, 0.1) is 11.8 Å². The number of piperidine rings is 2. The number of carbonyl (C=O) groups is 1. The third-order valence-corrected chi connectivity index (χ3v) is 6.69. The third kappa shape index (κ3) is 2.29. The van der Waals surface area contributed by atoms with Crippen LogP contribution in [0.1, 0.15) is 43.4 Å². The number of aromatic nitrogens is 1. The number of rotatable bonds is 2. The number of nitrogens with zero attached hydrogens (tertiary/aromatic N) is 1. The van der Waals surface area contributed by atoms with Gasteiger partial charge in [0.05, 0.1) is 0 Å². The minimum atomic E-state index is -1.26. The van der Waals surface area contributed by atoms with Gasteiger partial charge in [-0.05, 0) is 54.9 Å². The lowest BCUT2D eigenvalue weighted by Gasteiger charge is -2.53. The first-order valence-electron chi connectivity index (χ1n) is 9.43. The highest BCUT2D eigenvalue weighted by atomic mass is 16.7. The molecule has 2 aromatic rings. The van der Waals surface area contributed by atoms with Crippen LogP contribution in [0.25, 0.3) is 10.9 Å². The second kappa shape index (κ2) is 5.49. The molecular formula is C20H24N2O3. The number of hydrogen-bond acceptors (Lipinski definition) is 3. The van der Waals surface area contributed by atoms with Crippen LogP contribution in [0.4, 0.5) is 4.79 Å². The first-order valence-corrected chi connectivity index (χ1v) is 9.43. The number of ether oxygens (including phenoxy) is 1. The Morgan fingerprint density at radius 2 is 2.28 bits per heavy atom. The van der Waals surface area contributed by atoms with Crippen LogP contribution >= 0.6 is 0 Å². The summed E-state index contributed by atoms with van der Waals surface area (Å²) in [5.74, 6) is 2.62. The minimum Gasteiger partial charge on any atom is -0.449 e. The Morgan fingerprint density at radius 1 is 1.40 bits per heavy atom. The molecule has 4 bridgehead atoms.